The first kappa shape index (κ1) is 13.0. The number of nitrogens with zero attached hydrogens (tertiary/aromatic N) is 2. The summed E-state index contributed by atoms with van der Waals surface area (Å²) < 4.78 is 18.6. The lowest BCUT2D eigenvalue weighted by molar-refractivity contribution is 0.384. The number of aromatic amines is 1. The highest BCUT2D eigenvalue weighted by Crippen LogP contribution is 2.35. The van der Waals surface area contributed by atoms with Crippen molar-refractivity contribution in [3.63, 3.8) is 0 Å². The van der Waals surface area contributed by atoms with Gasteiger partial charge in [0.2, 0.25) is 0 Å². The number of aromatic nitrogens is 2. The zero-order valence-electron chi connectivity index (χ0n) is 11.5. The van der Waals surface area contributed by atoms with Crippen LogP contribution < -0.4 is 9.64 Å². The van der Waals surface area contributed by atoms with Crippen molar-refractivity contribution < 1.29 is 9.13 Å². The molecule has 20 heavy (non-hydrogen) atoms. The summed E-state index contributed by atoms with van der Waals surface area (Å²) in [5.74, 6) is 0.996. The highest BCUT2D eigenvalue weighted by molar-refractivity contribution is 5.43. The van der Waals surface area contributed by atoms with Crippen LogP contribution in [0.3, 0.4) is 0 Å². The molecule has 1 aliphatic rings. The molecule has 0 radical (unpaired) electrons. The Morgan fingerprint density at radius 3 is 3.00 bits per heavy atom. The molecule has 4 nitrogen and oxygen atoms in total. The number of H-pyrrole nitrogens is 1. The molecule has 3 rings (SSSR count). The first-order chi connectivity index (χ1) is 9.79. The van der Waals surface area contributed by atoms with Gasteiger partial charge in [0.05, 0.1) is 19.3 Å². The van der Waals surface area contributed by atoms with Crippen LogP contribution in [0.4, 0.5) is 10.2 Å². The Morgan fingerprint density at radius 1 is 1.35 bits per heavy atom. The molecule has 1 N–H and O–H groups in total. The van der Waals surface area contributed by atoms with E-state index in [1.165, 1.54) is 19.6 Å². The molecule has 0 amide bonds. The molecule has 1 aliphatic heterocycles. The standard InChI is InChI=1S/C15H18FN3O/c1-20-14-10-11(5-6-12(14)16)13-4-2-3-9-19(13)15-7-8-17-18-15/h5-8,10,13H,2-4,9H2,1H3,(H,17,18). The van der Waals surface area contributed by atoms with Crippen LogP contribution in [0.15, 0.2) is 30.5 Å². The molecule has 2 aromatic rings. The third-order valence-electron chi connectivity index (χ3n) is 3.86. The number of benzene rings is 1. The van der Waals surface area contributed by atoms with Crippen molar-refractivity contribution in [2.75, 3.05) is 18.6 Å². The molecule has 1 aromatic carbocycles. The zero-order chi connectivity index (χ0) is 13.9. The maximum absolute atomic E-state index is 13.6. The molecule has 0 saturated carbocycles. The van der Waals surface area contributed by atoms with Gasteiger partial charge in [-0.2, -0.15) is 5.10 Å². The Bertz CT molecular complexity index is 571. The summed E-state index contributed by atoms with van der Waals surface area (Å²) in [4.78, 5) is 2.29. The third kappa shape index (κ3) is 2.35. The first-order valence-electron chi connectivity index (χ1n) is 6.89. The largest absolute Gasteiger partial charge is 0.494 e. The summed E-state index contributed by atoms with van der Waals surface area (Å²) in [5, 5.41) is 7.04. The highest BCUT2D eigenvalue weighted by Gasteiger charge is 2.25. The number of hydrogen-bond donors (Lipinski definition) is 1. The van der Waals surface area contributed by atoms with Gasteiger partial charge in [-0.15, -0.1) is 0 Å². The van der Waals surface area contributed by atoms with Crippen molar-refractivity contribution >= 4 is 5.82 Å². The van der Waals surface area contributed by atoms with Crippen LogP contribution in [-0.2, 0) is 0 Å². The van der Waals surface area contributed by atoms with Crippen LogP contribution >= 0.6 is 0 Å². The van der Waals surface area contributed by atoms with Crippen LogP contribution in [0.2, 0.25) is 0 Å². The summed E-state index contributed by atoms with van der Waals surface area (Å²) in [6.07, 6.45) is 5.14. The molecule has 0 spiro atoms. The minimum absolute atomic E-state index is 0.235. The number of hydrogen-bond acceptors (Lipinski definition) is 3. The molecule has 0 bridgehead atoms. The second kappa shape index (κ2) is 5.53. The van der Waals surface area contributed by atoms with Crippen molar-refractivity contribution in [2.24, 2.45) is 0 Å². The molecular weight excluding hydrogens is 257 g/mol. The van der Waals surface area contributed by atoms with Crippen molar-refractivity contribution in [2.45, 2.75) is 25.3 Å². The molecule has 2 heterocycles. The second-order valence-corrected chi connectivity index (χ2v) is 5.04. The van der Waals surface area contributed by atoms with E-state index in [0.717, 1.165) is 30.8 Å². The number of ether oxygens (including phenoxy) is 1. The third-order valence-corrected chi connectivity index (χ3v) is 3.86. The predicted octanol–water partition coefficient (Wildman–Crippen LogP) is 3.29. The maximum Gasteiger partial charge on any atom is 0.165 e. The van der Waals surface area contributed by atoms with Crippen LogP contribution in [0.1, 0.15) is 30.9 Å². The first-order valence-corrected chi connectivity index (χ1v) is 6.89. The smallest absolute Gasteiger partial charge is 0.165 e. The van der Waals surface area contributed by atoms with E-state index < -0.39 is 0 Å². The average molecular weight is 275 g/mol. The lowest BCUT2D eigenvalue weighted by Crippen LogP contribution is -2.33. The van der Waals surface area contributed by atoms with Crippen LogP contribution in [-0.4, -0.2) is 23.9 Å². The van der Waals surface area contributed by atoms with Crippen LogP contribution in [0, 0.1) is 5.82 Å². The van der Waals surface area contributed by atoms with E-state index >= 15 is 0 Å². The Labute approximate surface area is 117 Å². The highest BCUT2D eigenvalue weighted by atomic mass is 19.1. The molecule has 1 saturated heterocycles. The van der Waals surface area contributed by atoms with Gasteiger partial charge in [-0.25, -0.2) is 4.39 Å². The quantitative estimate of drug-likeness (QED) is 0.934. The van der Waals surface area contributed by atoms with Crippen molar-refractivity contribution in [3.8, 4) is 5.75 Å². The van der Waals surface area contributed by atoms with E-state index in [1.807, 2.05) is 12.1 Å². The minimum atomic E-state index is -0.319. The lowest BCUT2D eigenvalue weighted by atomic mass is 9.95. The summed E-state index contributed by atoms with van der Waals surface area (Å²) in [6, 6.07) is 7.33. The average Bonchev–Trinajstić information content (AvgIpc) is 3.02. The Hall–Kier alpha value is -2.04. The van der Waals surface area contributed by atoms with E-state index in [1.54, 1.807) is 12.3 Å². The van der Waals surface area contributed by atoms with Gasteiger partial charge in [-0.05, 0) is 37.0 Å². The SMILES string of the molecule is COc1cc(C2CCCCN2c2ccn[nH]2)ccc1F. The van der Waals surface area contributed by atoms with E-state index in [9.17, 15) is 4.39 Å². The number of nitrogens with one attached hydrogen (secondary N) is 1. The molecule has 5 heteroatoms. The topological polar surface area (TPSA) is 41.1 Å². The number of halogens is 1. The van der Waals surface area contributed by atoms with Gasteiger partial charge in [-0.3, -0.25) is 5.10 Å². The summed E-state index contributed by atoms with van der Waals surface area (Å²) in [7, 11) is 1.50. The van der Waals surface area contributed by atoms with E-state index in [-0.39, 0.29) is 11.9 Å². The predicted molar refractivity (Wildman–Crippen MR) is 75.5 cm³/mol. The van der Waals surface area contributed by atoms with E-state index in [2.05, 4.69) is 15.1 Å². The molecule has 1 fully saturated rings. The second-order valence-electron chi connectivity index (χ2n) is 5.04. The van der Waals surface area contributed by atoms with Crippen LogP contribution in [0.5, 0.6) is 5.75 Å². The fourth-order valence-corrected chi connectivity index (χ4v) is 2.86. The van der Waals surface area contributed by atoms with Gasteiger partial charge in [0.15, 0.2) is 11.6 Å². The van der Waals surface area contributed by atoms with Gasteiger partial charge in [0, 0.05) is 12.6 Å². The van der Waals surface area contributed by atoms with Gasteiger partial charge in [0.1, 0.15) is 5.82 Å². The molecule has 106 valence electrons. The van der Waals surface area contributed by atoms with Crippen molar-refractivity contribution in [3.05, 3.63) is 41.8 Å². The fraction of sp³-hybridized carbons (Fsp3) is 0.400. The monoisotopic (exact) mass is 275 g/mol. The van der Waals surface area contributed by atoms with Crippen molar-refractivity contribution in [1.29, 1.82) is 0 Å². The summed E-state index contributed by atoms with van der Waals surface area (Å²) in [5.41, 5.74) is 1.08. The Balaban J connectivity index is 1.93. The zero-order valence-corrected chi connectivity index (χ0v) is 11.5. The Morgan fingerprint density at radius 2 is 2.25 bits per heavy atom. The van der Waals surface area contributed by atoms with Crippen molar-refractivity contribution in [1.82, 2.24) is 10.2 Å². The van der Waals surface area contributed by atoms with Gasteiger partial charge < -0.3 is 9.64 Å². The number of anilines is 1. The van der Waals surface area contributed by atoms with Gasteiger partial charge in [0.25, 0.3) is 0 Å². The molecule has 1 unspecified atom stereocenters. The summed E-state index contributed by atoms with van der Waals surface area (Å²) >= 11 is 0. The number of methoxy groups -OCH3 is 1. The Kier molecular flexibility index (Phi) is 3.58. The van der Waals surface area contributed by atoms with E-state index in [4.69, 9.17) is 4.74 Å². The number of piperidine rings is 1. The van der Waals surface area contributed by atoms with E-state index in [0.29, 0.717) is 5.75 Å². The molecule has 1 atom stereocenters. The van der Waals surface area contributed by atoms with Gasteiger partial charge in [-0.1, -0.05) is 6.07 Å². The maximum atomic E-state index is 13.6. The normalized spacial score (nSPS) is 19.1. The molecule has 0 aliphatic carbocycles. The molecule has 1 aromatic heterocycles. The van der Waals surface area contributed by atoms with Crippen LogP contribution in [0.25, 0.3) is 0 Å². The molecular formula is C15H18FN3O. The lowest BCUT2D eigenvalue weighted by Gasteiger charge is -2.36. The summed E-state index contributed by atoms with van der Waals surface area (Å²) in [6.45, 7) is 0.979. The number of rotatable bonds is 3. The van der Waals surface area contributed by atoms with Gasteiger partial charge >= 0.3 is 0 Å². The minimum Gasteiger partial charge on any atom is -0.494 e. The fourth-order valence-electron chi connectivity index (χ4n) is 2.86.